The molecule has 0 aliphatic carbocycles. The summed E-state index contributed by atoms with van der Waals surface area (Å²) in [6.07, 6.45) is 4.51. The van der Waals surface area contributed by atoms with Crippen molar-refractivity contribution in [3.05, 3.63) is 40.3 Å². The number of imidazole rings is 1. The van der Waals surface area contributed by atoms with Crippen LogP contribution >= 0.6 is 0 Å². The molecule has 2 aromatic rings. The van der Waals surface area contributed by atoms with Crippen LogP contribution in [0.2, 0.25) is 0 Å². The van der Waals surface area contributed by atoms with Crippen molar-refractivity contribution in [2.75, 3.05) is 20.1 Å². The molecule has 0 bridgehead atoms. The minimum absolute atomic E-state index is 0.0407. The summed E-state index contributed by atoms with van der Waals surface area (Å²) >= 11 is 0. The van der Waals surface area contributed by atoms with Crippen molar-refractivity contribution < 1.29 is 0 Å². The molecule has 0 saturated heterocycles. The van der Waals surface area contributed by atoms with E-state index in [4.69, 9.17) is 0 Å². The quantitative estimate of drug-likeness (QED) is 0.822. The Morgan fingerprint density at radius 2 is 2.10 bits per heavy atom. The first kappa shape index (κ1) is 14.6. The first-order chi connectivity index (χ1) is 9.56. The van der Waals surface area contributed by atoms with Gasteiger partial charge in [0.05, 0.1) is 5.69 Å². The number of aromatic nitrogens is 4. The molecule has 0 amide bonds. The lowest BCUT2D eigenvalue weighted by atomic mass is 10.3. The summed E-state index contributed by atoms with van der Waals surface area (Å²) in [5.74, 6) is 0. The van der Waals surface area contributed by atoms with Crippen LogP contribution in [0.3, 0.4) is 0 Å². The Morgan fingerprint density at radius 1 is 1.30 bits per heavy atom. The predicted octanol–water partition coefficient (Wildman–Crippen LogP) is 1.01. The average molecular weight is 277 g/mol. The van der Waals surface area contributed by atoms with Crippen LogP contribution in [0.15, 0.2) is 23.3 Å². The largest absolute Gasteiger partial charge is 0.325 e. The monoisotopic (exact) mass is 277 g/mol. The summed E-state index contributed by atoms with van der Waals surface area (Å²) in [5.41, 5.74) is 2.24. The molecule has 2 rings (SSSR count). The predicted molar refractivity (Wildman–Crippen MR) is 78.9 cm³/mol. The van der Waals surface area contributed by atoms with Crippen molar-refractivity contribution in [3.63, 3.8) is 0 Å². The fourth-order valence-electron chi connectivity index (χ4n) is 2.31. The first-order valence-corrected chi connectivity index (χ1v) is 6.99. The van der Waals surface area contributed by atoms with E-state index in [0.717, 1.165) is 38.3 Å². The maximum absolute atomic E-state index is 11.3. The molecule has 0 spiro atoms. The van der Waals surface area contributed by atoms with E-state index < -0.39 is 0 Å². The summed E-state index contributed by atoms with van der Waals surface area (Å²) in [6, 6.07) is 2.10. The third-order valence-corrected chi connectivity index (χ3v) is 3.46. The molecule has 1 N–H and O–H groups in total. The SMILES string of the molecule is Cc1cc(C)n(CCCN(C)CCn2cc[nH]c2=O)n1. The fourth-order valence-corrected chi connectivity index (χ4v) is 2.31. The second-order valence-electron chi connectivity index (χ2n) is 5.27. The molecule has 2 heterocycles. The fraction of sp³-hybridized carbons (Fsp3) is 0.571. The van der Waals surface area contributed by atoms with Gasteiger partial charge in [-0.1, -0.05) is 0 Å². The van der Waals surface area contributed by atoms with Gasteiger partial charge < -0.3 is 9.88 Å². The van der Waals surface area contributed by atoms with Crippen LogP contribution < -0.4 is 5.69 Å². The molecule has 110 valence electrons. The topological polar surface area (TPSA) is 58.9 Å². The molecule has 0 aromatic carbocycles. The number of aryl methyl sites for hydroxylation is 3. The highest BCUT2D eigenvalue weighted by Crippen LogP contribution is 2.03. The van der Waals surface area contributed by atoms with Crippen molar-refractivity contribution in [1.82, 2.24) is 24.2 Å². The van der Waals surface area contributed by atoms with E-state index in [1.807, 2.05) is 6.92 Å². The highest BCUT2D eigenvalue weighted by molar-refractivity contribution is 5.06. The number of aromatic amines is 1. The van der Waals surface area contributed by atoms with E-state index in [1.54, 1.807) is 17.0 Å². The van der Waals surface area contributed by atoms with E-state index in [0.29, 0.717) is 0 Å². The highest BCUT2D eigenvalue weighted by Gasteiger charge is 2.03. The van der Waals surface area contributed by atoms with Crippen molar-refractivity contribution in [2.24, 2.45) is 0 Å². The summed E-state index contributed by atoms with van der Waals surface area (Å²) in [7, 11) is 2.08. The first-order valence-electron chi connectivity index (χ1n) is 6.99. The number of H-pyrrole nitrogens is 1. The molecule has 0 aliphatic heterocycles. The van der Waals surface area contributed by atoms with Gasteiger partial charge in [-0.2, -0.15) is 5.10 Å². The molecular formula is C14H23N5O. The van der Waals surface area contributed by atoms with Gasteiger partial charge in [0.2, 0.25) is 0 Å². The maximum Gasteiger partial charge on any atom is 0.325 e. The van der Waals surface area contributed by atoms with Gasteiger partial charge in [-0.3, -0.25) is 9.25 Å². The molecule has 6 nitrogen and oxygen atoms in total. The van der Waals surface area contributed by atoms with Crippen LogP contribution in [0.25, 0.3) is 0 Å². The molecule has 6 heteroatoms. The number of likely N-dealkylation sites (N-methyl/N-ethyl adjacent to an activating group) is 1. The summed E-state index contributed by atoms with van der Waals surface area (Å²) in [4.78, 5) is 16.2. The van der Waals surface area contributed by atoms with Gasteiger partial charge in [0.25, 0.3) is 0 Å². The Hall–Kier alpha value is -1.82. The van der Waals surface area contributed by atoms with Crippen LogP contribution in [-0.4, -0.2) is 44.4 Å². The number of nitrogens with one attached hydrogen (secondary N) is 1. The van der Waals surface area contributed by atoms with Gasteiger partial charge in [-0.25, -0.2) is 4.79 Å². The van der Waals surface area contributed by atoms with Crippen LogP contribution in [0, 0.1) is 13.8 Å². The minimum atomic E-state index is -0.0407. The second kappa shape index (κ2) is 6.56. The third-order valence-electron chi connectivity index (χ3n) is 3.46. The molecule has 2 aromatic heterocycles. The van der Waals surface area contributed by atoms with Gasteiger partial charge in [0, 0.05) is 37.7 Å². The van der Waals surface area contributed by atoms with Crippen LogP contribution in [-0.2, 0) is 13.1 Å². The Bertz CT molecular complexity index is 595. The Labute approximate surface area is 119 Å². The normalized spacial score (nSPS) is 11.4. The van der Waals surface area contributed by atoms with Gasteiger partial charge in [0.1, 0.15) is 0 Å². The van der Waals surface area contributed by atoms with Crippen LogP contribution in [0.4, 0.5) is 0 Å². The zero-order chi connectivity index (χ0) is 14.5. The van der Waals surface area contributed by atoms with Gasteiger partial charge >= 0.3 is 5.69 Å². The minimum Gasteiger partial charge on any atom is -0.313 e. The third kappa shape index (κ3) is 3.84. The van der Waals surface area contributed by atoms with Gasteiger partial charge in [-0.15, -0.1) is 0 Å². The Morgan fingerprint density at radius 3 is 2.70 bits per heavy atom. The van der Waals surface area contributed by atoms with Crippen LogP contribution in [0.5, 0.6) is 0 Å². The second-order valence-corrected chi connectivity index (χ2v) is 5.27. The van der Waals surface area contributed by atoms with Crippen LogP contribution in [0.1, 0.15) is 17.8 Å². The zero-order valence-corrected chi connectivity index (χ0v) is 12.5. The summed E-state index contributed by atoms with van der Waals surface area (Å²) < 4.78 is 3.75. The summed E-state index contributed by atoms with van der Waals surface area (Å²) in [5, 5.41) is 4.45. The number of nitrogens with zero attached hydrogens (tertiary/aromatic N) is 4. The smallest absolute Gasteiger partial charge is 0.313 e. The number of hydrogen-bond acceptors (Lipinski definition) is 3. The molecule has 0 unspecified atom stereocenters. The van der Waals surface area contributed by atoms with E-state index in [2.05, 4.69) is 39.7 Å². The number of rotatable bonds is 7. The lowest BCUT2D eigenvalue weighted by molar-refractivity contribution is 0.303. The molecule has 20 heavy (non-hydrogen) atoms. The van der Waals surface area contributed by atoms with E-state index in [9.17, 15) is 4.79 Å². The lowest BCUT2D eigenvalue weighted by Crippen LogP contribution is -2.28. The lowest BCUT2D eigenvalue weighted by Gasteiger charge is -2.16. The standard InChI is InChI=1S/C14H23N5O/c1-12-11-13(2)19(16-12)7-4-6-17(3)9-10-18-8-5-15-14(18)20/h5,8,11H,4,6-7,9-10H2,1-3H3,(H,15,20). The molecule has 0 aliphatic rings. The van der Waals surface area contributed by atoms with Crippen molar-refractivity contribution in [2.45, 2.75) is 33.4 Å². The Kier molecular flexibility index (Phi) is 4.79. The zero-order valence-electron chi connectivity index (χ0n) is 12.5. The number of hydrogen-bond donors (Lipinski definition) is 1. The summed E-state index contributed by atoms with van der Waals surface area (Å²) in [6.45, 7) is 7.63. The molecule has 0 saturated carbocycles. The molecule has 0 fully saturated rings. The Balaban J connectivity index is 1.70. The van der Waals surface area contributed by atoms with Crippen molar-refractivity contribution >= 4 is 0 Å². The average Bonchev–Trinajstić information content (AvgIpc) is 2.93. The van der Waals surface area contributed by atoms with E-state index in [1.165, 1.54) is 5.69 Å². The highest BCUT2D eigenvalue weighted by atomic mass is 16.1. The molecular weight excluding hydrogens is 254 g/mol. The van der Waals surface area contributed by atoms with E-state index >= 15 is 0 Å². The molecule has 0 atom stereocenters. The van der Waals surface area contributed by atoms with Crippen molar-refractivity contribution in [3.8, 4) is 0 Å². The van der Waals surface area contributed by atoms with Gasteiger partial charge in [-0.05, 0) is 39.9 Å². The maximum atomic E-state index is 11.3. The van der Waals surface area contributed by atoms with Gasteiger partial charge in [0.15, 0.2) is 0 Å². The molecule has 0 radical (unpaired) electrons. The van der Waals surface area contributed by atoms with E-state index in [-0.39, 0.29) is 5.69 Å². The van der Waals surface area contributed by atoms with Crippen molar-refractivity contribution in [1.29, 1.82) is 0 Å².